The first-order valence-electron chi connectivity index (χ1n) is 19.9. The van der Waals surface area contributed by atoms with Crippen LogP contribution >= 0.6 is 0 Å². The molecular formula is C40H78NO4+. The average molecular weight is 637 g/mol. The zero-order valence-corrected chi connectivity index (χ0v) is 30.4. The molecule has 5 heteroatoms. The molecule has 0 bridgehead atoms. The summed E-state index contributed by atoms with van der Waals surface area (Å²) >= 11 is 0. The standard InChI is InChI=1S/C40H77NO4/c1-4-7-9-11-13-15-17-19-21-23-25-27-29-31-39(42)44-36-33-38(41-35-6-3)34-37-45-40(43)32-30-28-26-24-22-20-18-16-14-12-10-8-5-2/h6,38,41H,3-5,7-37H2,1-2H3/p+1. The van der Waals surface area contributed by atoms with Crippen LogP contribution in [0.1, 0.15) is 206 Å². The Morgan fingerprint density at radius 3 is 1.09 bits per heavy atom. The van der Waals surface area contributed by atoms with Crippen LogP contribution in [-0.2, 0) is 19.1 Å². The van der Waals surface area contributed by atoms with Gasteiger partial charge >= 0.3 is 11.9 Å². The van der Waals surface area contributed by atoms with Gasteiger partial charge in [0.25, 0.3) is 0 Å². The molecule has 5 nitrogen and oxygen atoms in total. The zero-order chi connectivity index (χ0) is 32.9. The summed E-state index contributed by atoms with van der Waals surface area (Å²) < 4.78 is 11.0. The number of rotatable bonds is 37. The van der Waals surface area contributed by atoms with Crippen molar-refractivity contribution >= 4 is 11.9 Å². The highest BCUT2D eigenvalue weighted by molar-refractivity contribution is 5.69. The topological polar surface area (TPSA) is 69.2 Å². The number of carbonyl (C=O) groups excluding carboxylic acids is 2. The number of nitrogens with two attached hydrogens (primary N) is 1. The van der Waals surface area contributed by atoms with Crippen LogP contribution in [0.5, 0.6) is 0 Å². The molecule has 0 rings (SSSR count). The number of quaternary nitrogens is 1. The van der Waals surface area contributed by atoms with E-state index >= 15 is 0 Å². The Labute approximate surface area is 280 Å². The molecular weight excluding hydrogens is 558 g/mol. The fourth-order valence-electron chi connectivity index (χ4n) is 6.04. The fourth-order valence-corrected chi connectivity index (χ4v) is 6.04. The van der Waals surface area contributed by atoms with E-state index in [1.165, 1.54) is 141 Å². The number of hydrogen-bond acceptors (Lipinski definition) is 4. The second-order valence-electron chi connectivity index (χ2n) is 13.5. The van der Waals surface area contributed by atoms with E-state index in [0.29, 0.717) is 26.1 Å². The zero-order valence-electron chi connectivity index (χ0n) is 30.4. The number of esters is 2. The first kappa shape index (κ1) is 43.6. The van der Waals surface area contributed by atoms with E-state index in [1.807, 2.05) is 6.08 Å². The molecule has 0 aliphatic carbocycles. The van der Waals surface area contributed by atoms with Crippen LogP contribution in [0.25, 0.3) is 0 Å². The molecule has 0 atom stereocenters. The van der Waals surface area contributed by atoms with Crippen molar-refractivity contribution in [3.05, 3.63) is 12.7 Å². The van der Waals surface area contributed by atoms with Gasteiger partial charge in [-0.05, 0) is 18.9 Å². The molecule has 0 spiro atoms. The number of hydrogen-bond donors (Lipinski definition) is 1. The molecule has 0 heterocycles. The van der Waals surface area contributed by atoms with E-state index in [-0.39, 0.29) is 18.0 Å². The van der Waals surface area contributed by atoms with Gasteiger partial charge < -0.3 is 14.8 Å². The van der Waals surface area contributed by atoms with Gasteiger partial charge in [0.15, 0.2) is 0 Å². The molecule has 0 aliphatic heterocycles. The van der Waals surface area contributed by atoms with Gasteiger partial charge in [0, 0.05) is 25.7 Å². The molecule has 0 amide bonds. The molecule has 0 aromatic rings. The van der Waals surface area contributed by atoms with Crippen LogP contribution in [0.15, 0.2) is 12.7 Å². The molecule has 45 heavy (non-hydrogen) atoms. The Kier molecular flexibility index (Phi) is 36.0. The van der Waals surface area contributed by atoms with Gasteiger partial charge in [-0.2, -0.15) is 0 Å². The summed E-state index contributed by atoms with van der Waals surface area (Å²) in [5.74, 6) is -0.158. The van der Waals surface area contributed by atoms with Gasteiger partial charge in [-0.1, -0.05) is 175 Å². The molecule has 0 fully saturated rings. The average Bonchev–Trinajstić information content (AvgIpc) is 3.04. The number of ether oxygens (including phenoxy) is 2. The van der Waals surface area contributed by atoms with Crippen LogP contribution < -0.4 is 5.32 Å². The Morgan fingerprint density at radius 1 is 0.511 bits per heavy atom. The maximum Gasteiger partial charge on any atom is 0.305 e. The summed E-state index contributed by atoms with van der Waals surface area (Å²) in [4.78, 5) is 24.4. The molecule has 0 unspecified atom stereocenters. The minimum atomic E-state index is -0.0789. The van der Waals surface area contributed by atoms with Crippen molar-refractivity contribution in [2.75, 3.05) is 19.8 Å². The Bertz CT molecular complexity index is 590. The Morgan fingerprint density at radius 2 is 0.800 bits per heavy atom. The van der Waals surface area contributed by atoms with E-state index in [0.717, 1.165) is 45.1 Å². The van der Waals surface area contributed by atoms with E-state index in [4.69, 9.17) is 9.47 Å². The van der Waals surface area contributed by atoms with Crippen molar-refractivity contribution in [3.8, 4) is 0 Å². The predicted octanol–water partition coefficient (Wildman–Crippen LogP) is 10.9. The third kappa shape index (κ3) is 35.3. The van der Waals surface area contributed by atoms with Crippen molar-refractivity contribution < 1.29 is 24.4 Å². The molecule has 0 saturated carbocycles. The lowest BCUT2D eigenvalue weighted by atomic mass is 10.0. The van der Waals surface area contributed by atoms with Gasteiger partial charge in [0.2, 0.25) is 0 Å². The third-order valence-electron chi connectivity index (χ3n) is 9.11. The van der Waals surface area contributed by atoms with E-state index in [2.05, 4.69) is 25.7 Å². The van der Waals surface area contributed by atoms with Crippen molar-refractivity contribution in [2.24, 2.45) is 0 Å². The lowest BCUT2D eigenvalue weighted by molar-refractivity contribution is -0.682. The molecule has 0 aliphatic rings. The highest BCUT2D eigenvalue weighted by Crippen LogP contribution is 2.14. The SMILES string of the molecule is C=CC[NH2+]C(CCOC(=O)CCCCCCCCCCCCCCC)CCOC(=O)CCCCCCCCCCCCCCC. The van der Waals surface area contributed by atoms with Crippen molar-refractivity contribution in [2.45, 2.75) is 213 Å². The molecule has 0 saturated heterocycles. The fraction of sp³-hybridized carbons (Fsp3) is 0.900. The minimum absolute atomic E-state index is 0.0789. The molecule has 266 valence electrons. The first-order chi connectivity index (χ1) is 22.1. The third-order valence-corrected chi connectivity index (χ3v) is 9.11. The highest BCUT2D eigenvalue weighted by Gasteiger charge is 2.14. The first-order valence-corrected chi connectivity index (χ1v) is 19.9. The van der Waals surface area contributed by atoms with Crippen LogP contribution in [0.3, 0.4) is 0 Å². The smallest absolute Gasteiger partial charge is 0.305 e. The summed E-state index contributed by atoms with van der Waals surface area (Å²) in [7, 11) is 0. The summed E-state index contributed by atoms with van der Waals surface area (Å²) in [6.07, 6.45) is 38.4. The second kappa shape index (κ2) is 37.1. The lowest BCUT2D eigenvalue weighted by Crippen LogP contribution is -2.90. The van der Waals surface area contributed by atoms with Gasteiger partial charge in [-0.3, -0.25) is 9.59 Å². The quantitative estimate of drug-likeness (QED) is 0.0418. The van der Waals surface area contributed by atoms with Gasteiger partial charge in [-0.25, -0.2) is 0 Å². The summed E-state index contributed by atoms with van der Waals surface area (Å²) in [5, 5.41) is 2.20. The second-order valence-corrected chi connectivity index (χ2v) is 13.5. The van der Waals surface area contributed by atoms with E-state index in [1.54, 1.807) is 0 Å². The van der Waals surface area contributed by atoms with Crippen molar-refractivity contribution in [3.63, 3.8) is 0 Å². The van der Waals surface area contributed by atoms with Crippen LogP contribution in [0.2, 0.25) is 0 Å². The Balaban J connectivity index is 3.68. The summed E-state index contributed by atoms with van der Waals surface area (Å²) in [5.41, 5.74) is 0. The normalized spacial score (nSPS) is 11.3. The predicted molar refractivity (Wildman–Crippen MR) is 193 cm³/mol. The summed E-state index contributed by atoms with van der Waals surface area (Å²) in [6, 6.07) is 0.260. The molecule has 0 aromatic heterocycles. The largest absolute Gasteiger partial charge is 0.465 e. The van der Waals surface area contributed by atoms with Crippen LogP contribution in [0, 0.1) is 0 Å². The van der Waals surface area contributed by atoms with E-state index < -0.39 is 0 Å². The van der Waals surface area contributed by atoms with Gasteiger partial charge in [0.05, 0.1) is 25.8 Å². The maximum atomic E-state index is 12.2. The van der Waals surface area contributed by atoms with Gasteiger partial charge in [-0.15, -0.1) is 0 Å². The molecule has 0 aromatic carbocycles. The molecule has 2 N–H and O–H groups in total. The van der Waals surface area contributed by atoms with Gasteiger partial charge in [0.1, 0.15) is 0 Å². The Hall–Kier alpha value is -1.36. The number of unbranched alkanes of at least 4 members (excludes halogenated alkanes) is 24. The lowest BCUT2D eigenvalue weighted by Gasteiger charge is -2.15. The minimum Gasteiger partial charge on any atom is -0.465 e. The number of carbonyl (C=O) groups is 2. The van der Waals surface area contributed by atoms with Crippen LogP contribution in [-0.4, -0.2) is 37.7 Å². The monoisotopic (exact) mass is 637 g/mol. The summed E-state index contributed by atoms with van der Waals surface area (Å²) in [6.45, 7) is 10.0. The molecule has 0 radical (unpaired) electrons. The highest BCUT2D eigenvalue weighted by atomic mass is 16.5. The van der Waals surface area contributed by atoms with Crippen LogP contribution in [0.4, 0.5) is 0 Å². The van der Waals surface area contributed by atoms with Crippen molar-refractivity contribution in [1.29, 1.82) is 0 Å². The van der Waals surface area contributed by atoms with Crippen molar-refractivity contribution in [1.82, 2.24) is 0 Å². The maximum absolute atomic E-state index is 12.2. The van der Waals surface area contributed by atoms with E-state index in [9.17, 15) is 9.59 Å².